The molecule has 0 unspecified atom stereocenters. The fourth-order valence-corrected chi connectivity index (χ4v) is 3.63. The number of H-pyrrole nitrogens is 1. The summed E-state index contributed by atoms with van der Waals surface area (Å²) in [4.78, 5) is 53.6. The highest BCUT2D eigenvalue weighted by Crippen LogP contribution is 2.25. The van der Waals surface area contributed by atoms with E-state index in [0.29, 0.717) is 17.7 Å². The molecular weight excluding hydrogens is 466 g/mol. The largest absolute Gasteiger partial charge is 0.496 e. The summed E-state index contributed by atoms with van der Waals surface area (Å²) in [5.41, 5.74) is 10.8. The highest BCUT2D eigenvalue weighted by Gasteiger charge is 2.26. The summed E-state index contributed by atoms with van der Waals surface area (Å²) in [6.07, 6.45) is 1.44. The second kappa shape index (κ2) is 11.7. The Kier molecular flexibility index (Phi) is 8.50. The van der Waals surface area contributed by atoms with Gasteiger partial charge in [0.15, 0.2) is 12.3 Å². The van der Waals surface area contributed by atoms with Gasteiger partial charge in [0.25, 0.3) is 11.5 Å². The van der Waals surface area contributed by atoms with Gasteiger partial charge in [-0.05, 0) is 30.7 Å². The topological polar surface area (TPSA) is 163 Å². The molecule has 0 saturated heterocycles. The summed E-state index contributed by atoms with van der Waals surface area (Å²) in [5, 5.41) is 0. The number of carbonyl (C=O) groups is 2. The highest BCUT2D eigenvalue weighted by molar-refractivity contribution is 5.96. The molecule has 0 atom stereocenters. The van der Waals surface area contributed by atoms with Crippen LogP contribution in [0.25, 0.3) is 0 Å². The lowest BCUT2D eigenvalue weighted by Gasteiger charge is -2.25. The molecule has 36 heavy (non-hydrogen) atoms. The molecule has 5 N–H and O–H groups in total. The number of nitrogens with one attached hydrogen (secondary N) is 1. The number of hydrogen-bond donors (Lipinski definition) is 3. The molecule has 0 saturated carbocycles. The van der Waals surface area contributed by atoms with Crippen molar-refractivity contribution in [1.29, 1.82) is 0 Å². The zero-order valence-corrected chi connectivity index (χ0v) is 20.2. The quantitative estimate of drug-likeness (QED) is 0.364. The third-order valence-electron chi connectivity index (χ3n) is 5.52. The van der Waals surface area contributed by atoms with E-state index in [1.165, 1.54) is 23.8 Å². The fourth-order valence-electron chi connectivity index (χ4n) is 3.63. The molecule has 0 bridgehead atoms. The van der Waals surface area contributed by atoms with Crippen molar-refractivity contribution in [1.82, 2.24) is 9.55 Å². The van der Waals surface area contributed by atoms with Gasteiger partial charge in [-0.25, -0.2) is 4.79 Å². The molecule has 11 nitrogen and oxygen atoms in total. The Morgan fingerprint density at radius 2 is 1.86 bits per heavy atom. The first-order chi connectivity index (χ1) is 17.3. The maximum Gasteiger partial charge on any atom is 0.330 e. The number of carbonyl (C=O) groups excluding carboxylic acids is 2. The van der Waals surface area contributed by atoms with Gasteiger partial charge in [0.1, 0.15) is 17.3 Å². The second-order valence-corrected chi connectivity index (χ2v) is 7.97. The normalized spacial score (nSPS) is 10.6. The molecule has 11 heteroatoms. The van der Waals surface area contributed by atoms with Crippen molar-refractivity contribution in [2.24, 2.45) is 5.73 Å². The molecule has 1 heterocycles. The molecule has 1 aromatic heterocycles. The molecule has 3 rings (SSSR count). The van der Waals surface area contributed by atoms with Gasteiger partial charge in [-0.2, -0.15) is 0 Å². The zero-order valence-electron chi connectivity index (χ0n) is 20.2. The molecule has 0 aliphatic carbocycles. The number of nitrogens with two attached hydrogens (primary N) is 2. The van der Waals surface area contributed by atoms with E-state index in [2.05, 4.69) is 4.98 Å². The molecule has 2 amide bonds. The molecule has 0 radical (unpaired) electrons. The minimum absolute atomic E-state index is 0.0766. The van der Waals surface area contributed by atoms with Gasteiger partial charge < -0.3 is 20.9 Å². The van der Waals surface area contributed by atoms with Gasteiger partial charge >= 0.3 is 5.69 Å². The third kappa shape index (κ3) is 5.93. The maximum absolute atomic E-state index is 13.4. The molecule has 3 aromatic rings. The number of primary amides is 1. The van der Waals surface area contributed by atoms with Crippen LogP contribution in [0.2, 0.25) is 0 Å². The first-order valence-corrected chi connectivity index (χ1v) is 11.3. The number of unbranched alkanes of at least 4 members (excludes halogenated alkanes) is 1. The highest BCUT2D eigenvalue weighted by atomic mass is 16.5. The van der Waals surface area contributed by atoms with Gasteiger partial charge in [0, 0.05) is 17.7 Å². The monoisotopic (exact) mass is 495 g/mol. The van der Waals surface area contributed by atoms with Crippen molar-refractivity contribution in [3.8, 4) is 11.5 Å². The van der Waals surface area contributed by atoms with E-state index < -0.39 is 29.7 Å². The number of rotatable bonds is 11. The predicted octanol–water partition coefficient (Wildman–Crippen LogP) is 1.64. The lowest BCUT2D eigenvalue weighted by molar-refractivity contribution is -0.120. The third-order valence-corrected chi connectivity index (χ3v) is 5.52. The van der Waals surface area contributed by atoms with Crippen LogP contribution in [0, 0.1) is 0 Å². The Balaban J connectivity index is 2.02. The van der Waals surface area contributed by atoms with E-state index >= 15 is 0 Å². The Morgan fingerprint density at radius 3 is 2.56 bits per heavy atom. The number of ether oxygens (including phenoxy) is 2. The average molecular weight is 496 g/mol. The molecular formula is C25H29N5O6. The lowest BCUT2D eigenvalue weighted by Crippen LogP contribution is -2.42. The summed E-state index contributed by atoms with van der Waals surface area (Å²) in [7, 11) is 1.49. The van der Waals surface area contributed by atoms with E-state index in [1.54, 1.807) is 36.4 Å². The van der Waals surface area contributed by atoms with Gasteiger partial charge in [-0.15, -0.1) is 0 Å². The van der Waals surface area contributed by atoms with Gasteiger partial charge in [0.2, 0.25) is 5.91 Å². The summed E-state index contributed by atoms with van der Waals surface area (Å²) in [6, 6.07) is 13.1. The van der Waals surface area contributed by atoms with Crippen molar-refractivity contribution in [3.05, 3.63) is 80.5 Å². The molecule has 0 fully saturated rings. The van der Waals surface area contributed by atoms with Crippen LogP contribution >= 0.6 is 0 Å². The molecule has 2 aromatic carbocycles. The van der Waals surface area contributed by atoms with Crippen LogP contribution in [-0.2, 0) is 17.9 Å². The predicted molar refractivity (Wildman–Crippen MR) is 135 cm³/mol. The lowest BCUT2D eigenvalue weighted by atomic mass is 10.1. The number of amides is 2. The van der Waals surface area contributed by atoms with Crippen molar-refractivity contribution in [3.63, 3.8) is 0 Å². The van der Waals surface area contributed by atoms with Crippen LogP contribution in [0.1, 0.15) is 35.7 Å². The van der Waals surface area contributed by atoms with Crippen LogP contribution in [0.4, 0.5) is 11.5 Å². The van der Waals surface area contributed by atoms with Gasteiger partial charge in [-0.1, -0.05) is 37.6 Å². The fraction of sp³-hybridized carbons (Fsp3) is 0.280. The van der Waals surface area contributed by atoms with Crippen molar-refractivity contribution in [2.45, 2.75) is 32.9 Å². The smallest absolute Gasteiger partial charge is 0.330 e. The van der Waals surface area contributed by atoms with Crippen LogP contribution in [0.5, 0.6) is 11.5 Å². The SMILES string of the molecule is CCCCn1c(N)c(N(Cc2ccccc2OC)C(=O)COc2cccc(C(N)=O)c2)c(=O)[nH]c1=O. The van der Waals surface area contributed by atoms with Crippen LogP contribution in [0.15, 0.2) is 58.1 Å². The van der Waals surface area contributed by atoms with E-state index in [9.17, 15) is 19.2 Å². The van der Waals surface area contributed by atoms with Crippen molar-refractivity contribution >= 4 is 23.3 Å². The Hall–Kier alpha value is -4.54. The summed E-state index contributed by atoms with van der Waals surface area (Å²) in [6.45, 7) is 1.67. The van der Waals surface area contributed by atoms with Crippen molar-refractivity contribution < 1.29 is 19.1 Å². The molecule has 190 valence electrons. The van der Waals surface area contributed by atoms with Crippen molar-refractivity contribution in [2.75, 3.05) is 24.4 Å². The summed E-state index contributed by atoms with van der Waals surface area (Å²) in [5.74, 6) is -0.635. The molecule has 0 spiro atoms. The maximum atomic E-state index is 13.4. The Morgan fingerprint density at radius 1 is 1.11 bits per heavy atom. The van der Waals surface area contributed by atoms with Gasteiger partial charge in [-0.3, -0.25) is 28.8 Å². The number of anilines is 2. The Bertz CT molecular complexity index is 1360. The average Bonchev–Trinajstić information content (AvgIpc) is 2.86. The molecule has 0 aliphatic rings. The van der Waals surface area contributed by atoms with E-state index in [0.717, 1.165) is 11.3 Å². The van der Waals surface area contributed by atoms with E-state index in [-0.39, 0.29) is 35.9 Å². The van der Waals surface area contributed by atoms with Crippen LogP contribution in [0.3, 0.4) is 0 Å². The van der Waals surface area contributed by atoms with E-state index in [4.69, 9.17) is 20.9 Å². The minimum atomic E-state index is -0.802. The summed E-state index contributed by atoms with van der Waals surface area (Å²) < 4.78 is 12.2. The first kappa shape index (κ1) is 26.1. The number of hydrogen-bond acceptors (Lipinski definition) is 7. The first-order valence-electron chi connectivity index (χ1n) is 11.3. The number of nitrogen functional groups attached to an aromatic ring is 1. The second-order valence-electron chi connectivity index (χ2n) is 7.97. The molecule has 0 aliphatic heterocycles. The number of aromatic amines is 1. The minimum Gasteiger partial charge on any atom is -0.496 e. The number of para-hydroxylation sites is 1. The number of benzene rings is 2. The standard InChI is InChI=1S/C25H29N5O6/c1-3-4-12-29-22(26)21(24(33)28-25(29)34)30(14-17-8-5-6-11-19(17)35-2)20(31)15-36-18-10-7-9-16(13-18)23(27)32/h5-11,13H,3-4,12,14-15,26H2,1-2H3,(H2,27,32)(H,28,33,34). The van der Waals surface area contributed by atoms with Crippen LogP contribution in [-0.4, -0.2) is 35.1 Å². The Labute approximate surface area is 207 Å². The zero-order chi connectivity index (χ0) is 26.2. The van der Waals surface area contributed by atoms with E-state index in [1.807, 2.05) is 6.92 Å². The number of aromatic nitrogens is 2. The summed E-state index contributed by atoms with van der Waals surface area (Å²) >= 11 is 0. The number of nitrogens with zero attached hydrogens (tertiary/aromatic N) is 2. The van der Waals surface area contributed by atoms with Crippen LogP contribution < -0.4 is 37.1 Å². The van der Waals surface area contributed by atoms with Gasteiger partial charge in [0.05, 0.1) is 13.7 Å². The number of methoxy groups -OCH3 is 1.